The van der Waals surface area contributed by atoms with Crippen LogP contribution < -0.4 is 4.90 Å². The predicted octanol–water partition coefficient (Wildman–Crippen LogP) is 2.13. The molecule has 0 radical (unpaired) electrons. The standard InChI is InChI=1S/C15H19N3O2/c1-17(2)15(19)11-4-3-8-18(10-11)14-12-6-9-20-13(12)5-7-16-14/h5-7,9,11H,3-4,8,10H2,1-2H3. The molecule has 3 heterocycles. The van der Waals surface area contributed by atoms with Crippen LogP contribution in [-0.4, -0.2) is 43.0 Å². The number of piperidine rings is 1. The lowest BCUT2D eigenvalue weighted by molar-refractivity contribution is -0.133. The molecular formula is C15H19N3O2. The second kappa shape index (κ2) is 5.15. The number of pyridine rings is 1. The van der Waals surface area contributed by atoms with Crippen molar-refractivity contribution in [3.63, 3.8) is 0 Å². The molecule has 106 valence electrons. The van der Waals surface area contributed by atoms with E-state index in [-0.39, 0.29) is 11.8 Å². The predicted molar refractivity (Wildman–Crippen MR) is 77.6 cm³/mol. The second-order valence-electron chi connectivity index (χ2n) is 5.48. The number of furan rings is 1. The summed E-state index contributed by atoms with van der Waals surface area (Å²) >= 11 is 0. The van der Waals surface area contributed by atoms with Gasteiger partial charge in [0.2, 0.25) is 5.91 Å². The Morgan fingerprint density at radius 2 is 2.30 bits per heavy atom. The molecule has 3 rings (SSSR count). The smallest absolute Gasteiger partial charge is 0.226 e. The third-order valence-corrected chi connectivity index (χ3v) is 3.87. The summed E-state index contributed by atoms with van der Waals surface area (Å²) in [5, 5.41) is 1.02. The lowest BCUT2D eigenvalue weighted by atomic mass is 9.96. The Balaban J connectivity index is 1.87. The van der Waals surface area contributed by atoms with E-state index in [0.717, 1.165) is 42.7 Å². The van der Waals surface area contributed by atoms with Crippen molar-refractivity contribution < 1.29 is 9.21 Å². The Bertz CT molecular complexity index is 620. The molecule has 1 fully saturated rings. The van der Waals surface area contributed by atoms with Crippen LogP contribution in [0.5, 0.6) is 0 Å². The van der Waals surface area contributed by atoms with Crippen molar-refractivity contribution in [2.45, 2.75) is 12.8 Å². The summed E-state index contributed by atoms with van der Waals surface area (Å²) in [6, 6.07) is 3.81. The Kier molecular flexibility index (Phi) is 3.34. The summed E-state index contributed by atoms with van der Waals surface area (Å²) in [6.07, 6.45) is 5.41. The minimum atomic E-state index is 0.0581. The van der Waals surface area contributed by atoms with Crippen molar-refractivity contribution in [2.24, 2.45) is 5.92 Å². The molecule has 0 spiro atoms. The average molecular weight is 273 g/mol. The van der Waals surface area contributed by atoms with E-state index >= 15 is 0 Å². The van der Waals surface area contributed by atoms with Gasteiger partial charge in [0, 0.05) is 33.4 Å². The summed E-state index contributed by atoms with van der Waals surface area (Å²) in [5.41, 5.74) is 0.844. The van der Waals surface area contributed by atoms with E-state index in [4.69, 9.17) is 4.42 Å². The van der Waals surface area contributed by atoms with Crippen molar-refractivity contribution in [2.75, 3.05) is 32.1 Å². The third kappa shape index (κ3) is 2.24. The van der Waals surface area contributed by atoms with Crippen LogP contribution in [0.1, 0.15) is 12.8 Å². The van der Waals surface area contributed by atoms with Gasteiger partial charge >= 0.3 is 0 Å². The zero-order chi connectivity index (χ0) is 14.1. The van der Waals surface area contributed by atoms with Gasteiger partial charge in [-0.05, 0) is 25.0 Å². The van der Waals surface area contributed by atoms with E-state index < -0.39 is 0 Å². The normalized spacial score (nSPS) is 19.3. The van der Waals surface area contributed by atoms with Gasteiger partial charge in [-0.2, -0.15) is 0 Å². The van der Waals surface area contributed by atoms with Crippen LogP contribution in [0.3, 0.4) is 0 Å². The number of carbonyl (C=O) groups is 1. The fourth-order valence-electron chi connectivity index (χ4n) is 2.87. The molecule has 2 aromatic rings. The molecule has 0 aromatic carbocycles. The van der Waals surface area contributed by atoms with E-state index in [2.05, 4.69) is 9.88 Å². The van der Waals surface area contributed by atoms with Crippen molar-refractivity contribution >= 4 is 22.7 Å². The Labute approximate surface area is 118 Å². The second-order valence-corrected chi connectivity index (χ2v) is 5.48. The zero-order valence-corrected chi connectivity index (χ0v) is 11.9. The first-order valence-corrected chi connectivity index (χ1v) is 6.95. The molecule has 0 N–H and O–H groups in total. The van der Waals surface area contributed by atoms with Crippen molar-refractivity contribution in [1.82, 2.24) is 9.88 Å². The van der Waals surface area contributed by atoms with E-state index in [1.165, 1.54) is 0 Å². The number of amides is 1. The number of anilines is 1. The summed E-state index contributed by atoms with van der Waals surface area (Å²) in [4.78, 5) is 20.5. The molecule has 1 unspecified atom stereocenters. The van der Waals surface area contributed by atoms with E-state index in [9.17, 15) is 4.79 Å². The molecule has 5 nitrogen and oxygen atoms in total. The molecule has 1 amide bonds. The number of hydrogen-bond donors (Lipinski definition) is 0. The Morgan fingerprint density at radius 3 is 3.10 bits per heavy atom. The highest BCUT2D eigenvalue weighted by Crippen LogP contribution is 2.29. The maximum Gasteiger partial charge on any atom is 0.226 e. The highest BCUT2D eigenvalue weighted by molar-refractivity contribution is 5.89. The fraction of sp³-hybridized carbons (Fsp3) is 0.467. The molecule has 1 atom stereocenters. The highest BCUT2D eigenvalue weighted by Gasteiger charge is 2.28. The van der Waals surface area contributed by atoms with E-state index in [1.54, 1.807) is 17.4 Å². The summed E-state index contributed by atoms with van der Waals surface area (Å²) in [7, 11) is 3.63. The van der Waals surface area contributed by atoms with Crippen LogP contribution in [0.25, 0.3) is 11.0 Å². The Hall–Kier alpha value is -2.04. The number of aromatic nitrogens is 1. The SMILES string of the molecule is CN(C)C(=O)C1CCCN(c2nccc3occc23)C1. The van der Waals surface area contributed by atoms with Gasteiger partial charge in [0.15, 0.2) is 0 Å². The maximum absolute atomic E-state index is 12.1. The molecular weight excluding hydrogens is 254 g/mol. The molecule has 5 heteroatoms. The van der Waals surface area contributed by atoms with E-state index in [0.29, 0.717) is 0 Å². The third-order valence-electron chi connectivity index (χ3n) is 3.87. The summed E-state index contributed by atoms with van der Waals surface area (Å²) in [5.74, 6) is 1.18. The van der Waals surface area contributed by atoms with Crippen molar-refractivity contribution in [1.29, 1.82) is 0 Å². The van der Waals surface area contributed by atoms with Crippen LogP contribution in [0.4, 0.5) is 5.82 Å². The number of fused-ring (bicyclic) bond motifs is 1. The van der Waals surface area contributed by atoms with Crippen LogP contribution >= 0.6 is 0 Å². The first-order valence-electron chi connectivity index (χ1n) is 6.95. The fourth-order valence-corrected chi connectivity index (χ4v) is 2.87. The van der Waals surface area contributed by atoms with Gasteiger partial charge in [-0.1, -0.05) is 0 Å². The van der Waals surface area contributed by atoms with Crippen LogP contribution in [-0.2, 0) is 4.79 Å². The van der Waals surface area contributed by atoms with Gasteiger partial charge in [-0.25, -0.2) is 4.98 Å². The molecule has 1 aliphatic rings. The van der Waals surface area contributed by atoms with Gasteiger partial charge in [0.25, 0.3) is 0 Å². The van der Waals surface area contributed by atoms with Crippen LogP contribution in [0, 0.1) is 5.92 Å². The number of nitrogens with zero attached hydrogens (tertiary/aromatic N) is 3. The van der Waals surface area contributed by atoms with Gasteiger partial charge < -0.3 is 14.2 Å². The van der Waals surface area contributed by atoms with Crippen molar-refractivity contribution in [3.8, 4) is 0 Å². The van der Waals surface area contributed by atoms with Gasteiger partial charge in [-0.3, -0.25) is 4.79 Å². The van der Waals surface area contributed by atoms with Gasteiger partial charge in [-0.15, -0.1) is 0 Å². The molecule has 2 aromatic heterocycles. The first-order chi connectivity index (χ1) is 9.66. The number of hydrogen-bond acceptors (Lipinski definition) is 4. The topological polar surface area (TPSA) is 49.6 Å². The molecule has 1 saturated heterocycles. The largest absolute Gasteiger partial charge is 0.464 e. The lowest BCUT2D eigenvalue weighted by Gasteiger charge is -2.34. The van der Waals surface area contributed by atoms with Gasteiger partial charge in [0.05, 0.1) is 17.6 Å². The number of rotatable bonds is 2. The molecule has 1 aliphatic heterocycles. The Morgan fingerprint density at radius 1 is 1.45 bits per heavy atom. The number of carbonyl (C=O) groups excluding carboxylic acids is 1. The zero-order valence-electron chi connectivity index (χ0n) is 11.9. The minimum absolute atomic E-state index is 0.0581. The molecule has 0 saturated carbocycles. The molecule has 0 aliphatic carbocycles. The monoisotopic (exact) mass is 273 g/mol. The van der Waals surface area contributed by atoms with Crippen LogP contribution in [0.2, 0.25) is 0 Å². The van der Waals surface area contributed by atoms with E-state index in [1.807, 2.05) is 26.2 Å². The first kappa shape index (κ1) is 13.0. The molecule has 0 bridgehead atoms. The maximum atomic E-state index is 12.1. The quantitative estimate of drug-likeness (QED) is 0.841. The lowest BCUT2D eigenvalue weighted by Crippen LogP contribution is -2.43. The van der Waals surface area contributed by atoms with Crippen LogP contribution in [0.15, 0.2) is 29.0 Å². The average Bonchev–Trinajstić information content (AvgIpc) is 2.94. The minimum Gasteiger partial charge on any atom is -0.464 e. The highest BCUT2D eigenvalue weighted by atomic mass is 16.3. The van der Waals surface area contributed by atoms with Crippen molar-refractivity contribution in [3.05, 3.63) is 24.6 Å². The molecule has 20 heavy (non-hydrogen) atoms. The summed E-state index contributed by atoms with van der Waals surface area (Å²) < 4.78 is 5.42. The van der Waals surface area contributed by atoms with Gasteiger partial charge in [0.1, 0.15) is 11.4 Å². The summed E-state index contributed by atoms with van der Waals surface area (Å²) in [6.45, 7) is 1.67.